The average Bonchev–Trinajstić information content (AvgIpc) is 3.30. The van der Waals surface area contributed by atoms with Crippen LogP contribution in [0.5, 0.6) is 5.75 Å². The Labute approximate surface area is 159 Å². The van der Waals surface area contributed by atoms with Gasteiger partial charge in [0.1, 0.15) is 5.75 Å². The summed E-state index contributed by atoms with van der Waals surface area (Å²) in [5.41, 5.74) is 11.5. The van der Waals surface area contributed by atoms with Gasteiger partial charge in [0.15, 0.2) is 0 Å². The van der Waals surface area contributed by atoms with Gasteiger partial charge < -0.3 is 15.4 Å². The molecule has 2 N–H and O–H groups in total. The first kappa shape index (κ1) is 16.6. The van der Waals surface area contributed by atoms with Crippen molar-refractivity contribution in [2.24, 2.45) is 5.73 Å². The number of likely N-dealkylation sites (tertiary alicyclic amines) is 1. The summed E-state index contributed by atoms with van der Waals surface area (Å²) in [4.78, 5) is 15.1. The predicted molar refractivity (Wildman–Crippen MR) is 105 cm³/mol. The Morgan fingerprint density at radius 3 is 2.78 bits per heavy atom. The molecule has 1 aliphatic carbocycles. The number of amides is 1. The SMILES string of the molecule is NCc1ccc2c(c1)C1(CCN(C(=O)C3=CCc4ccccc43)CC1)CO2. The van der Waals surface area contributed by atoms with Gasteiger partial charge in [0.2, 0.25) is 0 Å². The van der Waals surface area contributed by atoms with E-state index in [4.69, 9.17) is 10.5 Å². The Bertz CT molecular complexity index is 939. The first-order chi connectivity index (χ1) is 13.2. The van der Waals surface area contributed by atoms with Crippen LogP contribution in [0, 0.1) is 0 Å². The fourth-order valence-electron chi connectivity index (χ4n) is 4.75. The van der Waals surface area contributed by atoms with Gasteiger partial charge in [-0.1, -0.05) is 42.5 Å². The molecule has 0 bridgehead atoms. The van der Waals surface area contributed by atoms with Crippen LogP contribution in [0.3, 0.4) is 0 Å². The number of piperidine rings is 1. The number of carbonyl (C=O) groups is 1. The van der Waals surface area contributed by atoms with Gasteiger partial charge in [-0.3, -0.25) is 4.79 Å². The fraction of sp³-hybridized carbons (Fsp3) is 0.348. The highest BCUT2D eigenvalue weighted by atomic mass is 16.5. The lowest BCUT2D eigenvalue weighted by Gasteiger charge is -2.39. The van der Waals surface area contributed by atoms with Crippen LogP contribution in [0.2, 0.25) is 0 Å². The molecule has 5 rings (SSSR count). The van der Waals surface area contributed by atoms with E-state index in [1.54, 1.807) is 0 Å². The number of benzene rings is 2. The molecule has 1 spiro atoms. The number of ether oxygens (including phenoxy) is 1. The highest BCUT2D eigenvalue weighted by Gasteiger charge is 2.44. The van der Waals surface area contributed by atoms with Crippen molar-refractivity contribution >= 4 is 11.5 Å². The van der Waals surface area contributed by atoms with Crippen LogP contribution in [0.1, 0.15) is 35.1 Å². The lowest BCUT2D eigenvalue weighted by atomic mass is 9.74. The lowest BCUT2D eigenvalue weighted by molar-refractivity contribution is -0.126. The first-order valence-corrected chi connectivity index (χ1v) is 9.74. The van der Waals surface area contributed by atoms with E-state index in [2.05, 4.69) is 24.3 Å². The second-order valence-electron chi connectivity index (χ2n) is 7.87. The number of nitrogens with zero attached hydrogens (tertiary/aromatic N) is 1. The molecule has 0 atom stereocenters. The third-order valence-corrected chi connectivity index (χ3v) is 6.43. The molecule has 0 aromatic heterocycles. The van der Waals surface area contributed by atoms with Crippen molar-refractivity contribution in [3.8, 4) is 5.75 Å². The van der Waals surface area contributed by atoms with Gasteiger partial charge in [0.25, 0.3) is 5.91 Å². The minimum Gasteiger partial charge on any atom is -0.492 e. The van der Waals surface area contributed by atoms with Gasteiger partial charge in [0.05, 0.1) is 6.61 Å². The maximum atomic E-state index is 13.1. The zero-order chi connectivity index (χ0) is 18.4. The van der Waals surface area contributed by atoms with Gasteiger partial charge in [-0.05, 0) is 42.0 Å². The highest BCUT2D eigenvalue weighted by Crippen LogP contribution is 2.46. The van der Waals surface area contributed by atoms with Crippen molar-refractivity contribution in [2.75, 3.05) is 19.7 Å². The second kappa shape index (κ2) is 6.24. The molecule has 0 radical (unpaired) electrons. The molecule has 1 fully saturated rings. The normalized spacial score (nSPS) is 19.4. The molecule has 0 saturated carbocycles. The maximum Gasteiger partial charge on any atom is 0.254 e. The van der Waals surface area contributed by atoms with E-state index in [1.165, 1.54) is 11.1 Å². The van der Waals surface area contributed by atoms with E-state index in [0.717, 1.165) is 54.8 Å². The number of hydrogen-bond acceptors (Lipinski definition) is 3. The van der Waals surface area contributed by atoms with Crippen molar-refractivity contribution in [3.63, 3.8) is 0 Å². The fourth-order valence-corrected chi connectivity index (χ4v) is 4.75. The molecule has 138 valence electrons. The number of allylic oxidation sites excluding steroid dienone is 1. The molecule has 1 amide bonds. The summed E-state index contributed by atoms with van der Waals surface area (Å²) in [7, 11) is 0. The lowest BCUT2D eigenvalue weighted by Crippen LogP contribution is -2.46. The van der Waals surface area contributed by atoms with Gasteiger partial charge in [-0.25, -0.2) is 0 Å². The van der Waals surface area contributed by atoms with Crippen LogP contribution in [0.4, 0.5) is 0 Å². The molecular formula is C23H24N2O2. The highest BCUT2D eigenvalue weighted by molar-refractivity contribution is 6.20. The Morgan fingerprint density at radius 1 is 1.15 bits per heavy atom. The Morgan fingerprint density at radius 2 is 1.96 bits per heavy atom. The van der Waals surface area contributed by atoms with Gasteiger partial charge in [-0.2, -0.15) is 0 Å². The summed E-state index contributed by atoms with van der Waals surface area (Å²) in [5, 5.41) is 0. The van der Waals surface area contributed by atoms with Crippen LogP contribution in [0.25, 0.3) is 5.57 Å². The topological polar surface area (TPSA) is 55.6 Å². The Balaban J connectivity index is 1.34. The smallest absolute Gasteiger partial charge is 0.254 e. The van der Waals surface area contributed by atoms with E-state index in [0.29, 0.717) is 13.2 Å². The van der Waals surface area contributed by atoms with Crippen molar-refractivity contribution < 1.29 is 9.53 Å². The number of nitrogens with two attached hydrogens (primary N) is 1. The van der Waals surface area contributed by atoms with E-state index < -0.39 is 0 Å². The molecular weight excluding hydrogens is 336 g/mol. The van der Waals surface area contributed by atoms with Crippen LogP contribution in [0.15, 0.2) is 48.5 Å². The summed E-state index contributed by atoms with van der Waals surface area (Å²) in [6.07, 6.45) is 4.82. The molecule has 2 aromatic carbocycles. The third-order valence-electron chi connectivity index (χ3n) is 6.43. The summed E-state index contributed by atoms with van der Waals surface area (Å²) >= 11 is 0. The van der Waals surface area contributed by atoms with Gasteiger partial charge in [-0.15, -0.1) is 0 Å². The molecule has 4 nitrogen and oxygen atoms in total. The van der Waals surface area contributed by atoms with Gasteiger partial charge in [0, 0.05) is 36.2 Å². The van der Waals surface area contributed by atoms with Crippen molar-refractivity contribution in [2.45, 2.75) is 31.2 Å². The third kappa shape index (κ3) is 2.59. The quantitative estimate of drug-likeness (QED) is 0.896. The Kier molecular flexibility index (Phi) is 3.83. The number of fused-ring (bicyclic) bond motifs is 3. The molecule has 1 saturated heterocycles. The van der Waals surface area contributed by atoms with E-state index in [1.807, 2.05) is 29.2 Å². The minimum absolute atomic E-state index is 0.0270. The van der Waals surface area contributed by atoms with Crippen LogP contribution in [-0.4, -0.2) is 30.5 Å². The predicted octanol–water partition coefficient (Wildman–Crippen LogP) is 3.04. The number of rotatable bonds is 2. The minimum atomic E-state index is 0.0270. The zero-order valence-electron chi connectivity index (χ0n) is 15.4. The Hall–Kier alpha value is -2.59. The first-order valence-electron chi connectivity index (χ1n) is 9.74. The number of carbonyl (C=O) groups excluding carboxylic acids is 1. The monoisotopic (exact) mass is 360 g/mol. The van der Waals surface area contributed by atoms with Crippen molar-refractivity contribution in [1.82, 2.24) is 4.90 Å². The zero-order valence-corrected chi connectivity index (χ0v) is 15.4. The molecule has 3 aliphatic rings. The van der Waals surface area contributed by atoms with E-state index in [9.17, 15) is 4.79 Å². The molecule has 4 heteroatoms. The van der Waals surface area contributed by atoms with Gasteiger partial charge >= 0.3 is 0 Å². The van der Waals surface area contributed by atoms with E-state index >= 15 is 0 Å². The summed E-state index contributed by atoms with van der Waals surface area (Å²) in [6, 6.07) is 14.5. The van der Waals surface area contributed by atoms with E-state index in [-0.39, 0.29) is 11.3 Å². The summed E-state index contributed by atoms with van der Waals surface area (Å²) in [5.74, 6) is 1.16. The standard InChI is InChI=1S/C23H24N2O2/c24-14-16-5-8-21-20(13-16)23(15-27-21)9-11-25(12-10-23)22(26)19-7-6-17-3-1-2-4-18(17)19/h1-5,7-8,13H,6,9-12,14-15,24H2. The molecule has 2 heterocycles. The largest absolute Gasteiger partial charge is 0.492 e. The molecule has 0 unspecified atom stereocenters. The molecule has 2 aromatic rings. The molecule has 27 heavy (non-hydrogen) atoms. The van der Waals surface area contributed by atoms with Crippen molar-refractivity contribution in [3.05, 3.63) is 70.8 Å². The average molecular weight is 360 g/mol. The van der Waals surface area contributed by atoms with Crippen molar-refractivity contribution in [1.29, 1.82) is 0 Å². The molecule has 2 aliphatic heterocycles. The van der Waals surface area contributed by atoms with Crippen LogP contribution >= 0.6 is 0 Å². The second-order valence-corrected chi connectivity index (χ2v) is 7.87. The van der Waals surface area contributed by atoms with Crippen LogP contribution < -0.4 is 10.5 Å². The summed E-state index contributed by atoms with van der Waals surface area (Å²) < 4.78 is 5.98. The van der Waals surface area contributed by atoms with Crippen LogP contribution in [-0.2, 0) is 23.2 Å². The maximum absolute atomic E-state index is 13.1. The summed E-state index contributed by atoms with van der Waals surface area (Å²) in [6.45, 7) is 2.80. The number of hydrogen-bond donors (Lipinski definition) is 1.